The van der Waals surface area contributed by atoms with Crippen LogP contribution in [0.15, 0.2) is 83.8 Å². The van der Waals surface area contributed by atoms with E-state index in [1.165, 1.54) is 12.1 Å². The number of amides is 1. The summed E-state index contributed by atoms with van der Waals surface area (Å²) in [7, 11) is -1.33. The van der Waals surface area contributed by atoms with E-state index in [0.29, 0.717) is 72.2 Å². The van der Waals surface area contributed by atoms with Gasteiger partial charge >= 0.3 is 23.4 Å². The van der Waals surface area contributed by atoms with Crippen LogP contribution in [0.3, 0.4) is 0 Å². The van der Waals surface area contributed by atoms with Crippen molar-refractivity contribution in [2.24, 2.45) is 0 Å². The lowest BCUT2D eigenvalue weighted by molar-refractivity contribution is -0.170. The number of likely N-dealkylation sites (N-methyl/N-ethyl adjacent to an activating group) is 1. The molecular formula is C41H40Cl2F3N3O9S. The molecular weight excluding hydrogens is 838 g/mol. The Hall–Kier alpha value is -5.05. The molecule has 1 heterocycles. The van der Waals surface area contributed by atoms with E-state index in [2.05, 4.69) is 11.0 Å². The first kappa shape index (κ1) is 46.6. The summed E-state index contributed by atoms with van der Waals surface area (Å²) in [5.74, 6) is -5.43. The lowest BCUT2D eigenvalue weighted by Crippen LogP contribution is -2.42. The molecule has 0 aromatic heterocycles. The van der Waals surface area contributed by atoms with Crippen LogP contribution in [0.25, 0.3) is 10.8 Å². The Morgan fingerprint density at radius 3 is 2.10 bits per heavy atom. The summed E-state index contributed by atoms with van der Waals surface area (Å²) in [5, 5.41) is 45.8. The van der Waals surface area contributed by atoms with Gasteiger partial charge in [-0.05, 0) is 97.0 Å². The summed E-state index contributed by atoms with van der Waals surface area (Å²) in [6, 6.07) is 24.6. The molecule has 0 radical (unpaired) electrons. The van der Waals surface area contributed by atoms with Gasteiger partial charge in [-0.3, -0.25) is 14.4 Å². The van der Waals surface area contributed by atoms with Gasteiger partial charge in [0.15, 0.2) is 16.4 Å². The minimum atomic E-state index is -4.81. The van der Waals surface area contributed by atoms with E-state index < -0.39 is 52.7 Å². The first-order chi connectivity index (χ1) is 27.7. The number of piperidine rings is 1. The van der Waals surface area contributed by atoms with Crippen LogP contribution in [0, 0.1) is 11.3 Å². The van der Waals surface area contributed by atoms with Crippen molar-refractivity contribution in [1.29, 1.82) is 5.26 Å². The smallest absolute Gasteiger partial charge is 0.475 e. The molecule has 59 heavy (non-hydrogen) atoms. The van der Waals surface area contributed by atoms with Crippen molar-refractivity contribution in [3.05, 3.63) is 111 Å². The Morgan fingerprint density at radius 1 is 0.915 bits per heavy atom. The Balaban J connectivity index is 0.000000509. The molecule has 1 aliphatic rings. The monoisotopic (exact) mass is 877 g/mol. The average molecular weight is 879 g/mol. The maximum atomic E-state index is 13.8. The van der Waals surface area contributed by atoms with Gasteiger partial charge in [-0.2, -0.15) is 18.4 Å². The highest BCUT2D eigenvalue weighted by Crippen LogP contribution is 2.37. The van der Waals surface area contributed by atoms with Gasteiger partial charge in [0, 0.05) is 25.1 Å². The van der Waals surface area contributed by atoms with Crippen molar-refractivity contribution in [2.45, 2.75) is 59.9 Å². The molecule has 1 fully saturated rings. The number of hydrogen-bond acceptors (Lipinski definition) is 8. The van der Waals surface area contributed by atoms with Crippen LogP contribution in [0.1, 0.15) is 71.0 Å². The molecule has 18 heteroatoms. The van der Waals surface area contributed by atoms with Crippen molar-refractivity contribution in [1.82, 2.24) is 9.80 Å². The van der Waals surface area contributed by atoms with Crippen LogP contribution in [-0.4, -0.2) is 103 Å². The van der Waals surface area contributed by atoms with Crippen molar-refractivity contribution in [3.8, 4) is 6.07 Å². The number of carbonyl (C=O) groups excluding carboxylic acids is 1. The third kappa shape index (κ3) is 12.5. The van der Waals surface area contributed by atoms with E-state index in [9.17, 15) is 41.8 Å². The van der Waals surface area contributed by atoms with Crippen molar-refractivity contribution in [3.63, 3.8) is 0 Å². The number of benzene rings is 4. The predicted octanol–water partition coefficient (Wildman–Crippen LogP) is 7.52. The van der Waals surface area contributed by atoms with Crippen molar-refractivity contribution >= 4 is 68.6 Å². The fourth-order valence-electron chi connectivity index (χ4n) is 6.93. The first-order valence-corrected chi connectivity index (χ1v) is 20.0. The van der Waals surface area contributed by atoms with Crippen LogP contribution in [-0.2, 0) is 25.2 Å². The molecule has 314 valence electrons. The highest BCUT2D eigenvalue weighted by Gasteiger charge is 2.41. The third-order valence-corrected chi connectivity index (χ3v) is 11.8. The van der Waals surface area contributed by atoms with Crippen molar-refractivity contribution < 1.29 is 57.0 Å². The fourth-order valence-corrected chi connectivity index (χ4v) is 8.14. The highest BCUT2D eigenvalue weighted by molar-refractivity contribution is 7.86. The molecule has 0 saturated carbocycles. The van der Waals surface area contributed by atoms with E-state index in [0.717, 1.165) is 16.3 Å². The van der Waals surface area contributed by atoms with Crippen LogP contribution >= 0.6 is 23.2 Å². The average Bonchev–Trinajstić information content (AvgIpc) is 3.18. The van der Waals surface area contributed by atoms with Gasteiger partial charge in [0.1, 0.15) is 0 Å². The van der Waals surface area contributed by atoms with E-state index in [1.807, 2.05) is 36.4 Å². The van der Waals surface area contributed by atoms with Crippen LogP contribution in [0.2, 0.25) is 10.0 Å². The molecule has 4 aromatic rings. The zero-order valence-electron chi connectivity index (χ0n) is 31.5. The number of rotatable bonds is 14. The van der Waals surface area contributed by atoms with E-state index in [1.54, 1.807) is 42.3 Å². The number of fused-ring (bicyclic) bond motifs is 1. The van der Waals surface area contributed by atoms with Gasteiger partial charge in [0.25, 0.3) is 5.91 Å². The first-order valence-electron chi connectivity index (χ1n) is 18.1. The summed E-state index contributed by atoms with van der Waals surface area (Å²) in [4.78, 5) is 48.1. The molecule has 1 aliphatic heterocycles. The molecule has 0 spiro atoms. The molecule has 4 aromatic carbocycles. The van der Waals surface area contributed by atoms with Crippen LogP contribution in [0.5, 0.6) is 0 Å². The summed E-state index contributed by atoms with van der Waals surface area (Å²) in [5.41, 5.74) is -5.25. The molecule has 1 unspecified atom stereocenters. The maximum Gasteiger partial charge on any atom is 0.475 e. The minimum absolute atomic E-state index is 0.0956. The summed E-state index contributed by atoms with van der Waals surface area (Å²) in [6.07, 6.45) is -0.314. The normalized spacial score (nSPS) is 14.7. The second kappa shape index (κ2) is 20.3. The Morgan fingerprint density at radius 2 is 1.53 bits per heavy atom. The fraction of sp³-hybridized carbons (Fsp3) is 0.341. The Bertz CT molecular complexity index is 2250. The Labute approximate surface area is 349 Å². The molecule has 1 amide bonds. The number of nitriles is 1. The molecule has 4 N–H and O–H groups in total. The van der Waals surface area contributed by atoms with E-state index in [-0.39, 0.29) is 22.6 Å². The SMILES string of the molecule is CN(C[C@@H](CCN1CCC(c2ccccc2S(=O)C(F)(F)F)CC1)c1ccc(Cl)c(Cl)c1)C(=O)c1cc(C#N)cc2ccccc12.O=C(O)CC(O)(CC(=O)O)C(=O)O. The number of carboxylic acid groups (broad SMARTS) is 3. The largest absolute Gasteiger partial charge is 0.481 e. The van der Waals surface area contributed by atoms with Gasteiger partial charge in [-0.1, -0.05) is 71.7 Å². The third-order valence-electron chi connectivity index (χ3n) is 9.91. The number of carboxylic acids is 3. The number of aliphatic carboxylic acids is 3. The van der Waals surface area contributed by atoms with Crippen LogP contribution < -0.4 is 0 Å². The second-order valence-electron chi connectivity index (χ2n) is 14.0. The standard InChI is InChI=1S/C35H32Cl2F3N3O2S.C6H8O7/c1-42(34(44)30-19-23(21-41)18-26-6-2-3-7-28(26)30)22-27(25-10-11-31(36)32(37)20-25)14-17-43-15-12-24(13-16-43)29-8-4-5-9-33(29)46(45)35(38,39)40;7-3(8)1-6(13,5(11)12)2-4(9)10/h2-11,18-20,24,27H,12-17,22H2,1H3;13H,1-2H2,(H,7,8)(H,9,10)(H,11,12)/t27-,46?;/m1./s1. The lowest BCUT2D eigenvalue weighted by atomic mass is 9.88. The number of alkyl halides is 3. The van der Waals surface area contributed by atoms with Gasteiger partial charge < -0.3 is 30.2 Å². The van der Waals surface area contributed by atoms with Gasteiger partial charge in [-0.25, -0.2) is 9.00 Å². The Kier molecular flexibility index (Phi) is 16.0. The lowest BCUT2D eigenvalue weighted by Gasteiger charge is -2.34. The second-order valence-corrected chi connectivity index (χ2v) is 16.3. The van der Waals surface area contributed by atoms with Gasteiger partial charge in [0.2, 0.25) is 0 Å². The maximum absolute atomic E-state index is 13.8. The number of nitrogens with zero attached hydrogens (tertiary/aromatic N) is 3. The van der Waals surface area contributed by atoms with Gasteiger partial charge in [-0.15, -0.1) is 0 Å². The number of halogens is 5. The molecule has 5 rings (SSSR count). The van der Waals surface area contributed by atoms with Crippen molar-refractivity contribution in [2.75, 3.05) is 33.2 Å². The van der Waals surface area contributed by atoms with Gasteiger partial charge in [0.05, 0.1) is 39.4 Å². The molecule has 0 aliphatic carbocycles. The van der Waals surface area contributed by atoms with Crippen LogP contribution in [0.4, 0.5) is 13.2 Å². The van der Waals surface area contributed by atoms with E-state index in [4.69, 9.17) is 43.6 Å². The zero-order chi connectivity index (χ0) is 43.7. The molecule has 1 saturated heterocycles. The summed E-state index contributed by atoms with van der Waals surface area (Å²) in [6.45, 7) is 2.43. The van der Waals surface area contributed by atoms with E-state index >= 15 is 0 Å². The molecule has 2 atom stereocenters. The topological polar surface area (TPSA) is 197 Å². The zero-order valence-corrected chi connectivity index (χ0v) is 33.8. The quantitative estimate of drug-likeness (QED) is 0.0978. The highest BCUT2D eigenvalue weighted by atomic mass is 35.5. The number of aliphatic hydroxyl groups is 1. The summed E-state index contributed by atoms with van der Waals surface area (Å²) >= 11 is 12.6. The minimum Gasteiger partial charge on any atom is -0.481 e. The number of carbonyl (C=O) groups is 4. The summed E-state index contributed by atoms with van der Waals surface area (Å²) < 4.78 is 52.0. The number of hydrogen-bond donors (Lipinski definition) is 4. The number of likely N-dealkylation sites (tertiary alicyclic amines) is 1. The predicted molar refractivity (Wildman–Crippen MR) is 214 cm³/mol. The molecule has 0 bridgehead atoms. The molecule has 12 nitrogen and oxygen atoms in total.